The van der Waals surface area contributed by atoms with E-state index in [0.717, 1.165) is 12.1 Å². The van der Waals surface area contributed by atoms with E-state index < -0.39 is 21.9 Å². The summed E-state index contributed by atoms with van der Waals surface area (Å²) in [5.41, 5.74) is 0. The first-order chi connectivity index (χ1) is 7.90. The third-order valence-electron chi connectivity index (χ3n) is 2.22. The molecule has 1 aromatic carbocycles. The molecule has 0 unspecified atom stereocenters. The van der Waals surface area contributed by atoms with Gasteiger partial charge in [0.15, 0.2) is 0 Å². The summed E-state index contributed by atoms with van der Waals surface area (Å²) < 4.78 is 39.2. The lowest BCUT2D eigenvalue weighted by molar-refractivity contribution is 0.254. The van der Waals surface area contributed by atoms with Gasteiger partial charge in [0.25, 0.3) is 0 Å². The zero-order valence-corrected chi connectivity index (χ0v) is 11.6. The fraction of sp³-hybridized carbons (Fsp3) is 0.400. The van der Waals surface area contributed by atoms with E-state index in [2.05, 4.69) is 20.7 Å². The molecule has 1 atom stereocenters. The maximum atomic E-state index is 12.8. The Kier molecular flexibility index (Phi) is 5.05. The highest BCUT2D eigenvalue weighted by Gasteiger charge is 2.21. The SMILES string of the molecule is CC[C@H](CO)NS(=O)(=O)c1ccc(F)cc1Br. The van der Waals surface area contributed by atoms with Crippen molar-refractivity contribution in [3.63, 3.8) is 0 Å². The smallest absolute Gasteiger partial charge is 0.242 e. The van der Waals surface area contributed by atoms with E-state index in [1.807, 2.05) is 0 Å². The van der Waals surface area contributed by atoms with E-state index in [9.17, 15) is 12.8 Å². The van der Waals surface area contributed by atoms with Crippen molar-refractivity contribution in [1.82, 2.24) is 4.72 Å². The fourth-order valence-corrected chi connectivity index (χ4v) is 3.59. The van der Waals surface area contributed by atoms with E-state index in [1.54, 1.807) is 6.92 Å². The Bertz CT molecular complexity index is 488. The molecule has 0 fully saturated rings. The molecular formula is C10H13BrFNO3S. The van der Waals surface area contributed by atoms with Gasteiger partial charge in [0.05, 0.1) is 11.5 Å². The Balaban J connectivity index is 3.05. The van der Waals surface area contributed by atoms with Crippen molar-refractivity contribution in [2.45, 2.75) is 24.3 Å². The summed E-state index contributed by atoms with van der Waals surface area (Å²) in [5, 5.41) is 8.95. The first kappa shape index (κ1) is 14.6. The maximum Gasteiger partial charge on any atom is 0.242 e. The Labute approximate surface area is 108 Å². The molecule has 0 radical (unpaired) electrons. The summed E-state index contributed by atoms with van der Waals surface area (Å²) >= 11 is 3.00. The Morgan fingerprint density at radius 3 is 2.65 bits per heavy atom. The third kappa shape index (κ3) is 3.74. The second kappa shape index (κ2) is 5.90. The van der Waals surface area contributed by atoms with Gasteiger partial charge in [0.1, 0.15) is 5.82 Å². The van der Waals surface area contributed by atoms with E-state index in [1.165, 1.54) is 6.07 Å². The van der Waals surface area contributed by atoms with Crippen LogP contribution in [-0.4, -0.2) is 26.2 Å². The minimum absolute atomic E-state index is 0.0502. The molecule has 0 aliphatic carbocycles. The molecular weight excluding hydrogens is 313 g/mol. The first-order valence-corrected chi connectivity index (χ1v) is 7.26. The molecule has 1 rings (SSSR count). The van der Waals surface area contributed by atoms with Gasteiger partial charge < -0.3 is 5.11 Å². The van der Waals surface area contributed by atoms with E-state index in [4.69, 9.17) is 5.11 Å². The summed E-state index contributed by atoms with van der Waals surface area (Å²) in [6, 6.07) is 2.77. The molecule has 4 nitrogen and oxygen atoms in total. The average Bonchev–Trinajstić information content (AvgIpc) is 2.25. The van der Waals surface area contributed by atoms with Crippen LogP contribution in [0.4, 0.5) is 4.39 Å². The number of benzene rings is 1. The van der Waals surface area contributed by atoms with E-state index in [0.29, 0.717) is 6.42 Å². The van der Waals surface area contributed by atoms with Crippen LogP contribution in [0.2, 0.25) is 0 Å². The minimum Gasteiger partial charge on any atom is -0.395 e. The van der Waals surface area contributed by atoms with Crippen LogP contribution < -0.4 is 4.72 Å². The molecule has 0 aliphatic rings. The first-order valence-electron chi connectivity index (χ1n) is 4.99. The van der Waals surface area contributed by atoms with Gasteiger partial charge in [-0.05, 0) is 40.5 Å². The van der Waals surface area contributed by atoms with Gasteiger partial charge in [-0.3, -0.25) is 0 Å². The Hall–Kier alpha value is -0.500. The molecule has 1 aromatic rings. The Morgan fingerprint density at radius 2 is 2.18 bits per heavy atom. The molecule has 0 heterocycles. The molecule has 2 N–H and O–H groups in total. The molecule has 0 amide bonds. The summed E-state index contributed by atoms with van der Waals surface area (Å²) in [6.07, 6.45) is 0.467. The second-order valence-corrected chi connectivity index (χ2v) is 6.02. The standard InChI is InChI=1S/C10H13BrFNO3S/c1-2-8(6-14)13-17(15,16)10-4-3-7(12)5-9(10)11/h3-5,8,13-14H,2,6H2,1H3/t8-/m1/s1. The van der Waals surface area contributed by atoms with Crippen LogP contribution in [0.15, 0.2) is 27.6 Å². The third-order valence-corrected chi connectivity index (χ3v) is 4.72. The highest BCUT2D eigenvalue weighted by atomic mass is 79.9. The largest absolute Gasteiger partial charge is 0.395 e. The summed E-state index contributed by atoms with van der Waals surface area (Å²) in [7, 11) is -3.75. The molecule has 0 bridgehead atoms. The zero-order chi connectivity index (χ0) is 13.1. The van der Waals surface area contributed by atoms with Crippen molar-refractivity contribution in [2.24, 2.45) is 0 Å². The predicted octanol–water partition coefficient (Wildman–Crippen LogP) is 1.64. The highest BCUT2D eigenvalue weighted by Crippen LogP contribution is 2.22. The summed E-state index contributed by atoms with van der Waals surface area (Å²) in [4.78, 5) is -0.0502. The predicted molar refractivity (Wildman–Crippen MR) is 65.6 cm³/mol. The van der Waals surface area contributed by atoms with Crippen molar-refractivity contribution in [3.8, 4) is 0 Å². The topological polar surface area (TPSA) is 66.4 Å². The molecule has 96 valence electrons. The van der Waals surface area contributed by atoms with Gasteiger partial charge in [0, 0.05) is 10.5 Å². The van der Waals surface area contributed by atoms with Gasteiger partial charge in [-0.15, -0.1) is 0 Å². The maximum absolute atomic E-state index is 12.8. The number of hydrogen-bond acceptors (Lipinski definition) is 3. The number of halogens is 2. The molecule has 0 aromatic heterocycles. The van der Waals surface area contributed by atoms with Gasteiger partial charge in [-0.1, -0.05) is 6.92 Å². The van der Waals surface area contributed by atoms with Crippen LogP contribution in [0, 0.1) is 5.82 Å². The lowest BCUT2D eigenvalue weighted by Gasteiger charge is -2.15. The van der Waals surface area contributed by atoms with Crippen LogP contribution >= 0.6 is 15.9 Å². The van der Waals surface area contributed by atoms with Crippen LogP contribution in [0.25, 0.3) is 0 Å². The quantitative estimate of drug-likeness (QED) is 0.864. The average molecular weight is 326 g/mol. The normalized spacial score (nSPS) is 13.6. The summed E-state index contributed by atoms with van der Waals surface area (Å²) in [5.74, 6) is -0.523. The van der Waals surface area contributed by atoms with Gasteiger partial charge in [-0.2, -0.15) is 0 Å². The van der Waals surface area contributed by atoms with Crippen LogP contribution in [-0.2, 0) is 10.0 Å². The van der Waals surface area contributed by atoms with E-state index in [-0.39, 0.29) is 16.0 Å². The van der Waals surface area contributed by atoms with Crippen LogP contribution in [0.5, 0.6) is 0 Å². The number of nitrogens with one attached hydrogen (secondary N) is 1. The monoisotopic (exact) mass is 325 g/mol. The number of aliphatic hydroxyl groups is 1. The molecule has 0 saturated heterocycles. The van der Waals surface area contributed by atoms with Crippen molar-refractivity contribution in [3.05, 3.63) is 28.5 Å². The second-order valence-electron chi connectivity index (χ2n) is 3.48. The van der Waals surface area contributed by atoms with Crippen LogP contribution in [0.3, 0.4) is 0 Å². The number of rotatable bonds is 5. The van der Waals surface area contributed by atoms with Gasteiger partial charge in [-0.25, -0.2) is 17.5 Å². The molecule has 17 heavy (non-hydrogen) atoms. The van der Waals surface area contributed by atoms with Crippen molar-refractivity contribution < 1.29 is 17.9 Å². The van der Waals surface area contributed by atoms with Crippen molar-refractivity contribution in [2.75, 3.05) is 6.61 Å². The van der Waals surface area contributed by atoms with E-state index >= 15 is 0 Å². The van der Waals surface area contributed by atoms with Crippen molar-refractivity contribution in [1.29, 1.82) is 0 Å². The molecule has 0 aliphatic heterocycles. The van der Waals surface area contributed by atoms with Crippen LogP contribution in [0.1, 0.15) is 13.3 Å². The highest BCUT2D eigenvalue weighted by molar-refractivity contribution is 9.10. The lowest BCUT2D eigenvalue weighted by atomic mass is 10.3. The van der Waals surface area contributed by atoms with Gasteiger partial charge in [0.2, 0.25) is 10.0 Å². The minimum atomic E-state index is -3.75. The van der Waals surface area contributed by atoms with Gasteiger partial charge >= 0.3 is 0 Å². The summed E-state index contributed by atoms with van der Waals surface area (Å²) in [6.45, 7) is 1.47. The fourth-order valence-electron chi connectivity index (χ4n) is 1.23. The van der Waals surface area contributed by atoms with Crippen molar-refractivity contribution >= 4 is 26.0 Å². The molecule has 0 spiro atoms. The number of aliphatic hydroxyl groups excluding tert-OH is 1. The number of hydrogen-bond donors (Lipinski definition) is 2. The lowest BCUT2D eigenvalue weighted by Crippen LogP contribution is -2.37. The molecule has 0 saturated carbocycles. The Morgan fingerprint density at radius 1 is 1.53 bits per heavy atom. The zero-order valence-electron chi connectivity index (χ0n) is 9.15. The number of sulfonamides is 1. The molecule has 7 heteroatoms.